The normalized spacial score (nSPS) is 14.1. The minimum absolute atomic E-state index is 0.0318. The molecule has 0 spiro atoms. The standard InChI is InChI=1S/C11H14BrNO3S/c1-7(17(2)16)6-13-10-5-8(12)3-4-9(10)11(14)15/h3-5,7,13H,6H2,1-2H3,(H,14,15). The number of aromatic carboxylic acids is 1. The lowest BCUT2D eigenvalue weighted by atomic mass is 10.2. The first-order chi connectivity index (χ1) is 7.91. The first-order valence-corrected chi connectivity index (χ1v) is 7.42. The molecule has 0 saturated carbocycles. The molecule has 1 aromatic carbocycles. The second-order valence-electron chi connectivity index (χ2n) is 3.69. The third-order valence-corrected chi connectivity index (χ3v) is 4.15. The maximum atomic E-state index is 11.2. The topological polar surface area (TPSA) is 66.4 Å². The third kappa shape index (κ3) is 4.12. The Labute approximate surface area is 111 Å². The number of hydrogen-bond donors (Lipinski definition) is 2. The van der Waals surface area contributed by atoms with Crippen LogP contribution in [-0.4, -0.2) is 33.3 Å². The molecule has 94 valence electrons. The van der Waals surface area contributed by atoms with Crippen LogP contribution in [0, 0.1) is 0 Å². The van der Waals surface area contributed by atoms with Crippen molar-refractivity contribution in [2.75, 3.05) is 18.1 Å². The monoisotopic (exact) mass is 319 g/mol. The van der Waals surface area contributed by atoms with Crippen molar-refractivity contribution in [2.45, 2.75) is 12.2 Å². The molecule has 17 heavy (non-hydrogen) atoms. The molecule has 4 nitrogen and oxygen atoms in total. The van der Waals surface area contributed by atoms with E-state index in [-0.39, 0.29) is 10.8 Å². The number of hydrogen-bond acceptors (Lipinski definition) is 3. The molecule has 0 aromatic heterocycles. The Kier molecular flexibility index (Phi) is 5.14. The molecule has 0 bridgehead atoms. The van der Waals surface area contributed by atoms with Gasteiger partial charge in [0.05, 0.1) is 5.56 Å². The molecule has 0 saturated heterocycles. The molecule has 0 aliphatic heterocycles. The first-order valence-electron chi connectivity index (χ1n) is 5.00. The minimum Gasteiger partial charge on any atom is -0.478 e. The summed E-state index contributed by atoms with van der Waals surface area (Å²) < 4.78 is 12.0. The molecule has 0 aliphatic rings. The van der Waals surface area contributed by atoms with E-state index in [1.165, 1.54) is 6.07 Å². The van der Waals surface area contributed by atoms with E-state index in [1.807, 2.05) is 6.92 Å². The van der Waals surface area contributed by atoms with Gasteiger partial charge < -0.3 is 10.4 Å². The third-order valence-electron chi connectivity index (χ3n) is 2.36. The highest BCUT2D eigenvalue weighted by molar-refractivity contribution is 9.10. The van der Waals surface area contributed by atoms with E-state index in [0.29, 0.717) is 12.2 Å². The molecule has 2 N–H and O–H groups in total. The van der Waals surface area contributed by atoms with Gasteiger partial charge in [0.15, 0.2) is 0 Å². The van der Waals surface area contributed by atoms with Gasteiger partial charge in [0.1, 0.15) is 0 Å². The van der Waals surface area contributed by atoms with Crippen molar-refractivity contribution in [3.05, 3.63) is 28.2 Å². The van der Waals surface area contributed by atoms with Gasteiger partial charge >= 0.3 is 5.97 Å². The molecule has 6 heteroatoms. The van der Waals surface area contributed by atoms with E-state index in [9.17, 15) is 9.00 Å². The Morgan fingerprint density at radius 1 is 1.59 bits per heavy atom. The average molecular weight is 320 g/mol. The molecule has 1 aromatic rings. The van der Waals surface area contributed by atoms with Gasteiger partial charge in [-0.25, -0.2) is 4.79 Å². The lowest BCUT2D eigenvalue weighted by Gasteiger charge is -2.13. The molecular formula is C11H14BrNO3S. The van der Waals surface area contributed by atoms with E-state index in [1.54, 1.807) is 18.4 Å². The van der Waals surface area contributed by atoms with E-state index in [0.717, 1.165) is 4.47 Å². The van der Waals surface area contributed by atoms with Gasteiger partial charge in [-0.05, 0) is 25.1 Å². The zero-order chi connectivity index (χ0) is 13.0. The summed E-state index contributed by atoms with van der Waals surface area (Å²) in [5.74, 6) is -0.981. The maximum Gasteiger partial charge on any atom is 0.337 e. The van der Waals surface area contributed by atoms with Crippen molar-refractivity contribution in [2.24, 2.45) is 0 Å². The molecule has 2 atom stereocenters. The van der Waals surface area contributed by atoms with Crippen LogP contribution in [0.5, 0.6) is 0 Å². The average Bonchev–Trinajstić information content (AvgIpc) is 2.25. The van der Waals surface area contributed by atoms with Crippen molar-refractivity contribution in [1.29, 1.82) is 0 Å². The van der Waals surface area contributed by atoms with Crippen molar-refractivity contribution in [1.82, 2.24) is 0 Å². The van der Waals surface area contributed by atoms with Crippen molar-refractivity contribution >= 4 is 38.4 Å². The van der Waals surface area contributed by atoms with Crippen LogP contribution in [0.3, 0.4) is 0 Å². The quantitative estimate of drug-likeness (QED) is 0.874. The summed E-state index contributed by atoms with van der Waals surface area (Å²) in [4.78, 5) is 11.0. The molecular weight excluding hydrogens is 306 g/mol. The summed E-state index contributed by atoms with van der Waals surface area (Å²) >= 11 is 3.29. The minimum atomic E-state index is -0.981. The molecule has 2 unspecified atom stereocenters. The van der Waals surface area contributed by atoms with Gasteiger partial charge in [0.2, 0.25) is 0 Å². The summed E-state index contributed by atoms with van der Waals surface area (Å²) in [6.07, 6.45) is 1.63. The SMILES string of the molecule is CC(CNc1cc(Br)ccc1C(=O)O)S(C)=O. The van der Waals surface area contributed by atoms with Crippen LogP contribution in [0.2, 0.25) is 0 Å². The van der Waals surface area contributed by atoms with E-state index >= 15 is 0 Å². The number of halogens is 1. The zero-order valence-electron chi connectivity index (χ0n) is 9.57. The lowest BCUT2D eigenvalue weighted by Crippen LogP contribution is -2.21. The summed E-state index contributed by atoms with van der Waals surface area (Å²) in [5.41, 5.74) is 0.742. The fraction of sp³-hybridized carbons (Fsp3) is 0.364. The zero-order valence-corrected chi connectivity index (χ0v) is 12.0. The molecule has 0 amide bonds. The second-order valence-corrected chi connectivity index (χ2v) is 6.40. The number of carboxylic acids is 1. The number of carbonyl (C=O) groups is 1. The number of benzene rings is 1. The predicted molar refractivity (Wildman–Crippen MR) is 73.1 cm³/mol. The van der Waals surface area contributed by atoms with Gasteiger partial charge in [-0.15, -0.1) is 0 Å². The van der Waals surface area contributed by atoms with E-state index < -0.39 is 16.8 Å². The van der Waals surface area contributed by atoms with Crippen LogP contribution >= 0.6 is 15.9 Å². The van der Waals surface area contributed by atoms with Crippen LogP contribution in [0.15, 0.2) is 22.7 Å². The smallest absolute Gasteiger partial charge is 0.337 e. The Morgan fingerprint density at radius 2 is 2.24 bits per heavy atom. The van der Waals surface area contributed by atoms with E-state index in [2.05, 4.69) is 21.2 Å². The molecule has 0 fully saturated rings. The van der Waals surface area contributed by atoms with Crippen LogP contribution in [0.1, 0.15) is 17.3 Å². The maximum absolute atomic E-state index is 11.2. The fourth-order valence-electron chi connectivity index (χ4n) is 1.22. The second kappa shape index (κ2) is 6.16. The van der Waals surface area contributed by atoms with Gasteiger partial charge in [-0.2, -0.15) is 0 Å². The van der Waals surface area contributed by atoms with Gasteiger partial charge in [-0.3, -0.25) is 4.21 Å². The van der Waals surface area contributed by atoms with Crippen LogP contribution in [0.25, 0.3) is 0 Å². The lowest BCUT2D eigenvalue weighted by molar-refractivity contribution is 0.0698. The number of anilines is 1. The molecule has 1 rings (SSSR count). The Hall–Kier alpha value is -0.880. The van der Waals surface area contributed by atoms with Gasteiger partial charge in [-0.1, -0.05) is 15.9 Å². The van der Waals surface area contributed by atoms with Gasteiger partial charge in [0, 0.05) is 39.0 Å². The number of rotatable bonds is 5. The van der Waals surface area contributed by atoms with Gasteiger partial charge in [0.25, 0.3) is 0 Å². The van der Waals surface area contributed by atoms with Crippen molar-refractivity contribution < 1.29 is 14.1 Å². The Bertz CT molecular complexity index is 450. The summed E-state index contributed by atoms with van der Waals surface area (Å²) in [7, 11) is -0.928. The predicted octanol–water partition coefficient (Wildman–Crippen LogP) is 2.33. The number of carboxylic acid groups (broad SMARTS) is 1. The van der Waals surface area contributed by atoms with Crippen LogP contribution < -0.4 is 5.32 Å². The van der Waals surface area contributed by atoms with Crippen LogP contribution in [-0.2, 0) is 10.8 Å². The number of nitrogens with one attached hydrogen (secondary N) is 1. The largest absolute Gasteiger partial charge is 0.478 e. The molecule has 0 radical (unpaired) electrons. The highest BCUT2D eigenvalue weighted by Gasteiger charge is 2.12. The molecule has 0 aliphatic carbocycles. The highest BCUT2D eigenvalue weighted by atomic mass is 79.9. The first kappa shape index (κ1) is 14.2. The van der Waals surface area contributed by atoms with Crippen molar-refractivity contribution in [3.8, 4) is 0 Å². The summed E-state index contributed by atoms with van der Waals surface area (Å²) in [5, 5.41) is 12.0. The Morgan fingerprint density at radius 3 is 2.76 bits per heavy atom. The summed E-state index contributed by atoms with van der Waals surface area (Å²) in [6, 6.07) is 4.91. The Balaban J connectivity index is 2.85. The highest BCUT2D eigenvalue weighted by Crippen LogP contribution is 2.21. The van der Waals surface area contributed by atoms with Crippen LogP contribution in [0.4, 0.5) is 5.69 Å². The summed E-state index contributed by atoms with van der Waals surface area (Å²) in [6.45, 7) is 2.32. The van der Waals surface area contributed by atoms with Crippen molar-refractivity contribution in [3.63, 3.8) is 0 Å². The molecule has 0 heterocycles. The van der Waals surface area contributed by atoms with E-state index in [4.69, 9.17) is 5.11 Å². The fourth-order valence-corrected chi connectivity index (χ4v) is 1.90.